The average molecular weight is 509 g/mol. The summed E-state index contributed by atoms with van der Waals surface area (Å²) in [5.41, 5.74) is 4.97. The number of alkyl halides is 2. The summed E-state index contributed by atoms with van der Waals surface area (Å²) in [6.45, 7) is -3.33. The lowest BCUT2D eigenvalue weighted by Crippen LogP contribution is -2.74. The largest absolute Gasteiger partial charge is 0.507 e. The van der Waals surface area contributed by atoms with E-state index in [1.165, 1.54) is 25.1 Å². The third kappa shape index (κ3) is 3.74. The number of primary amides is 1. The van der Waals surface area contributed by atoms with Gasteiger partial charge in [-0.15, -0.1) is 0 Å². The highest BCUT2D eigenvalue weighted by atomic mass is 19.3. The molecule has 1 aromatic carbocycles. The molecule has 0 saturated heterocycles. The van der Waals surface area contributed by atoms with Crippen molar-refractivity contribution in [3.63, 3.8) is 0 Å². The van der Waals surface area contributed by atoms with Crippen molar-refractivity contribution >= 4 is 29.0 Å². The Morgan fingerprint density at radius 3 is 2.50 bits per heavy atom. The number of likely N-dealkylation sites (N-methyl/N-ethyl adjacent to an activating group) is 1. The van der Waals surface area contributed by atoms with E-state index in [2.05, 4.69) is 10.3 Å². The van der Waals surface area contributed by atoms with Crippen LogP contribution in [-0.2, 0) is 37.0 Å². The fraction of sp³-hybridized carbons (Fsp3) is 0.522. The molecule has 0 aromatic heterocycles. The number of Topliss-reactive ketones (excluding diaryl/α,β-unsaturated/α-hetero) is 4. The second-order valence-electron chi connectivity index (χ2n) is 9.59. The van der Waals surface area contributed by atoms with Crippen molar-refractivity contribution in [1.29, 1.82) is 0 Å². The first kappa shape index (κ1) is 25.9. The fourth-order valence-electron chi connectivity index (χ4n) is 6.02. The monoisotopic (exact) mass is 509 g/mol. The maximum absolute atomic E-state index is 13.7. The Balaban J connectivity index is 1.79. The number of nitrogens with zero attached hydrogens (tertiary/aromatic N) is 1. The maximum atomic E-state index is 13.7. The van der Waals surface area contributed by atoms with Crippen molar-refractivity contribution in [2.24, 2.45) is 29.4 Å². The van der Waals surface area contributed by atoms with E-state index < -0.39 is 76.7 Å². The zero-order valence-corrected chi connectivity index (χ0v) is 19.4. The highest BCUT2D eigenvalue weighted by Crippen LogP contribution is 2.50. The smallest absolute Gasteiger partial charge is 0.360 e. The molecule has 2 fully saturated rings. The van der Waals surface area contributed by atoms with Crippen LogP contribution in [0.2, 0.25) is 0 Å². The van der Waals surface area contributed by atoms with Gasteiger partial charge >= 0.3 is 6.61 Å². The lowest BCUT2D eigenvalue weighted by molar-refractivity contribution is -0.181. The minimum absolute atomic E-state index is 0.0198. The molecule has 6 atom stereocenters. The van der Waals surface area contributed by atoms with E-state index in [0.717, 1.165) is 6.07 Å². The van der Waals surface area contributed by atoms with Crippen LogP contribution < -0.4 is 11.2 Å². The molecule has 194 valence electrons. The normalized spacial score (nSPS) is 31.9. The Bertz CT molecular complexity index is 1170. The summed E-state index contributed by atoms with van der Waals surface area (Å²) < 4.78 is 24.8. The highest BCUT2D eigenvalue weighted by Gasteiger charge is 2.69. The predicted octanol–water partition coefficient (Wildman–Crippen LogP) is -0.889. The lowest BCUT2D eigenvalue weighted by atomic mass is 9.52. The number of nitrogens with one attached hydrogen (secondary N) is 1. The second kappa shape index (κ2) is 9.07. The van der Waals surface area contributed by atoms with E-state index in [1.807, 2.05) is 0 Å². The van der Waals surface area contributed by atoms with E-state index in [4.69, 9.17) is 5.73 Å². The quantitative estimate of drug-likeness (QED) is 0.278. The molecule has 3 aliphatic carbocycles. The summed E-state index contributed by atoms with van der Waals surface area (Å²) in [7, 11) is 2.97. The van der Waals surface area contributed by atoms with E-state index in [0.29, 0.717) is 11.1 Å². The summed E-state index contributed by atoms with van der Waals surface area (Å²) in [6, 6.07) is 1.37. The summed E-state index contributed by atoms with van der Waals surface area (Å²) in [5.74, 6) is -11.6. The Hall–Kier alpha value is -3.13. The van der Waals surface area contributed by atoms with Gasteiger partial charge in [0.2, 0.25) is 5.91 Å². The van der Waals surface area contributed by atoms with Gasteiger partial charge in [-0.25, -0.2) is 4.84 Å². The molecule has 1 amide bonds. The number of carbonyl (C=O) groups excluding carboxylic acids is 5. The van der Waals surface area contributed by atoms with Crippen molar-refractivity contribution in [3.8, 4) is 5.75 Å². The van der Waals surface area contributed by atoms with E-state index >= 15 is 0 Å². The van der Waals surface area contributed by atoms with Crippen molar-refractivity contribution in [1.82, 2.24) is 10.4 Å². The van der Waals surface area contributed by atoms with Gasteiger partial charge in [0.05, 0.1) is 17.5 Å². The number of hydroxylamine groups is 1. The first-order valence-electron chi connectivity index (χ1n) is 11.2. The average Bonchev–Trinajstić information content (AvgIpc) is 2.77. The number of rotatable bonds is 6. The molecule has 0 spiro atoms. The molecule has 0 bridgehead atoms. The number of aromatic hydroxyl groups is 1. The van der Waals surface area contributed by atoms with Crippen LogP contribution in [0.1, 0.15) is 27.9 Å². The number of hydrogen-bond donors (Lipinski definition) is 4. The van der Waals surface area contributed by atoms with Crippen molar-refractivity contribution in [3.05, 3.63) is 28.8 Å². The second-order valence-corrected chi connectivity index (χ2v) is 9.59. The summed E-state index contributed by atoms with van der Waals surface area (Å²) >= 11 is 0. The maximum Gasteiger partial charge on any atom is 0.360 e. The summed E-state index contributed by atoms with van der Waals surface area (Å²) in [5, 5.41) is 21.9. The third-order valence-corrected chi connectivity index (χ3v) is 7.48. The van der Waals surface area contributed by atoms with Crippen LogP contribution >= 0.6 is 0 Å². The molecule has 13 heteroatoms. The minimum Gasteiger partial charge on any atom is -0.507 e. The highest BCUT2D eigenvalue weighted by molar-refractivity contribution is 6.32. The number of hydrogen-bond acceptors (Lipinski definition) is 10. The molecule has 36 heavy (non-hydrogen) atoms. The van der Waals surface area contributed by atoms with Crippen LogP contribution in [0.15, 0.2) is 12.1 Å². The molecule has 1 aromatic rings. The van der Waals surface area contributed by atoms with Crippen LogP contribution in [0.4, 0.5) is 8.78 Å². The standard InChI is InChI=1S/C23H25F2N3O8/c1-28(2)16-11-6-9-5-10-8(7-27-36-22(24)25)3-4-12(29)14(10)17(30)13(9)19(32)23(11,35)20(33)15(18(16)31)21(26)34/h3-4,9,11,13,15-16,22,27,29,35H,5-7H2,1-2H3,(H2,26,34)/t9-,11-,13?,15?,16-,23-/m0/s1. The number of phenols is 1. The van der Waals surface area contributed by atoms with E-state index in [-0.39, 0.29) is 24.9 Å². The number of nitrogens with two attached hydrogens (primary N) is 1. The number of ketones is 4. The van der Waals surface area contributed by atoms with E-state index in [9.17, 15) is 43.0 Å². The molecule has 2 saturated carbocycles. The predicted molar refractivity (Wildman–Crippen MR) is 115 cm³/mol. The van der Waals surface area contributed by atoms with Crippen molar-refractivity contribution < 1.29 is 47.8 Å². The number of carbonyl (C=O) groups is 5. The van der Waals surface area contributed by atoms with Crippen LogP contribution in [-0.4, -0.2) is 76.5 Å². The Morgan fingerprint density at radius 1 is 1.25 bits per heavy atom. The van der Waals surface area contributed by atoms with Gasteiger partial charge in [-0.1, -0.05) is 6.07 Å². The summed E-state index contributed by atoms with van der Waals surface area (Å²) in [4.78, 5) is 70.8. The van der Waals surface area contributed by atoms with Crippen LogP contribution in [0.5, 0.6) is 5.75 Å². The summed E-state index contributed by atoms with van der Waals surface area (Å²) in [6.07, 6.45) is -0.0914. The molecule has 0 aliphatic heterocycles. The molecule has 5 N–H and O–H groups in total. The molecule has 0 heterocycles. The molecule has 3 aliphatic rings. The van der Waals surface area contributed by atoms with Gasteiger partial charge in [0.25, 0.3) is 0 Å². The number of benzene rings is 1. The van der Waals surface area contributed by atoms with Crippen molar-refractivity contribution in [2.45, 2.75) is 37.6 Å². The first-order chi connectivity index (χ1) is 16.8. The van der Waals surface area contributed by atoms with Crippen LogP contribution in [0.25, 0.3) is 0 Å². The van der Waals surface area contributed by atoms with Crippen LogP contribution in [0.3, 0.4) is 0 Å². The third-order valence-electron chi connectivity index (χ3n) is 7.48. The van der Waals surface area contributed by atoms with Gasteiger partial charge in [0.15, 0.2) is 34.7 Å². The number of halogens is 2. The Morgan fingerprint density at radius 2 is 1.92 bits per heavy atom. The van der Waals surface area contributed by atoms with Crippen molar-refractivity contribution in [2.75, 3.05) is 14.1 Å². The van der Waals surface area contributed by atoms with Crippen LogP contribution in [0, 0.1) is 23.7 Å². The lowest BCUT2D eigenvalue weighted by Gasteiger charge is -2.52. The minimum atomic E-state index is -3.09. The zero-order valence-electron chi connectivity index (χ0n) is 19.4. The van der Waals surface area contributed by atoms with Gasteiger partial charge in [-0.3, -0.25) is 28.9 Å². The number of fused-ring (bicyclic) bond motifs is 3. The van der Waals surface area contributed by atoms with Gasteiger partial charge in [-0.2, -0.15) is 14.3 Å². The Labute approximate surface area is 203 Å². The van der Waals surface area contributed by atoms with E-state index in [1.54, 1.807) is 0 Å². The fourth-order valence-corrected chi connectivity index (χ4v) is 6.02. The van der Waals surface area contributed by atoms with Gasteiger partial charge in [0.1, 0.15) is 5.75 Å². The zero-order chi connectivity index (χ0) is 26.7. The molecule has 0 radical (unpaired) electrons. The topological polar surface area (TPSA) is 176 Å². The first-order valence-corrected chi connectivity index (χ1v) is 11.2. The SMILES string of the molecule is CN(C)[C@@H]1C(=O)C(C(N)=O)C(=O)[C@@]2(O)C(=O)C3C(=O)c4c(O)ccc(CNOC(F)F)c4C[C@H]3C[C@@H]12. The molecule has 2 unspecified atom stereocenters. The Kier molecular flexibility index (Phi) is 6.54. The number of aliphatic hydroxyl groups is 1. The van der Waals surface area contributed by atoms with Gasteiger partial charge in [0, 0.05) is 12.5 Å². The molecule has 11 nitrogen and oxygen atoms in total. The molecular formula is C23H25F2N3O8. The van der Waals surface area contributed by atoms with Gasteiger partial charge in [-0.05, 0) is 50.0 Å². The molecule has 4 rings (SSSR count). The number of phenolic OH excluding ortho intramolecular Hbond substituents is 1. The molecular weight excluding hydrogens is 484 g/mol. The number of amides is 1. The van der Waals surface area contributed by atoms with Gasteiger partial charge < -0.3 is 15.9 Å².